The minimum atomic E-state index is -0.531. The Balaban J connectivity index is 1.78. The van der Waals surface area contributed by atoms with Crippen LogP contribution in [-0.2, 0) is 11.3 Å². The predicted molar refractivity (Wildman–Crippen MR) is 105 cm³/mol. The van der Waals surface area contributed by atoms with E-state index >= 15 is 0 Å². The number of thioether (sulfide) groups is 1. The first-order valence-corrected chi connectivity index (χ1v) is 9.05. The number of amides is 2. The van der Waals surface area contributed by atoms with E-state index in [9.17, 15) is 19.7 Å². The van der Waals surface area contributed by atoms with E-state index < -0.39 is 16.1 Å². The van der Waals surface area contributed by atoms with E-state index in [1.54, 1.807) is 24.3 Å². The van der Waals surface area contributed by atoms with Gasteiger partial charge in [-0.2, -0.15) is 0 Å². The smallest absolute Gasteiger partial charge is 0.268 e. The third-order valence-corrected chi connectivity index (χ3v) is 5.09. The molecule has 2 aromatic carbocycles. The maximum Gasteiger partial charge on any atom is 0.293 e. The average molecular weight is 401 g/mol. The average Bonchev–Trinajstić information content (AvgIpc) is 2.91. The fourth-order valence-corrected chi connectivity index (χ4v) is 3.48. The summed E-state index contributed by atoms with van der Waals surface area (Å²) in [5, 5.41) is 11.2. The fraction of sp³-hybridized carbons (Fsp3) is 0.0526. The van der Waals surface area contributed by atoms with Crippen LogP contribution in [0.5, 0.6) is 0 Å². The normalized spacial score (nSPS) is 15.9. The third kappa shape index (κ3) is 4.27. The van der Waals surface area contributed by atoms with Gasteiger partial charge in [0, 0.05) is 16.7 Å². The second-order valence-electron chi connectivity index (χ2n) is 5.56. The highest BCUT2D eigenvalue weighted by atomic mass is 35.5. The van der Waals surface area contributed by atoms with Gasteiger partial charge in [-0.05, 0) is 29.5 Å². The molecule has 3 rings (SSSR count). The van der Waals surface area contributed by atoms with Gasteiger partial charge >= 0.3 is 0 Å². The van der Waals surface area contributed by atoms with Crippen LogP contribution in [0.2, 0.25) is 5.02 Å². The summed E-state index contributed by atoms with van der Waals surface area (Å²) in [5.74, 6) is -0.480. The van der Waals surface area contributed by atoms with Gasteiger partial charge in [0.25, 0.3) is 16.8 Å². The molecule has 0 radical (unpaired) electrons. The van der Waals surface area contributed by atoms with Crippen LogP contribution in [0.3, 0.4) is 0 Å². The number of carbonyl (C=O) groups excluding carboxylic acids is 2. The van der Waals surface area contributed by atoms with E-state index in [0.717, 1.165) is 22.2 Å². The van der Waals surface area contributed by atoms with Crippen molar-refractivity contribution in [2.45, 2.75) is 6.54 Å². The Morgan fingerprint density at radius 2 is 1.81 bits per heavy atom. The molecule has 1 aliphatic heterocycles. The van der Waals surface area contributed by atoms with E-state index in [4.69, 9.17) is 11.6 Å². The van der Waals surface area contributed by atoms with Crippen LogP contribution in [0.1, 0.15) is 11.1 Å². The zero-order valence-electron chi connectivity index (χ0n) is 13.9. The summed E-state index contributed by atoms with van der Waals surface area (Å²) in [6, 6.07) is 13.3. The van der Waals surface area contributed by atoms with Crippen molar-refractivity contribution in [2.24, 2.45) is 0 Å². The topological polar surface area (TPSA) is 80.5 Å². The first-order chi connectivity index (χ1) is 13.0. The summed E-state index contributed by atoms with van der Waals surface area (Å²) >= 11 is 6.86. The molecule has 136 valence electrons. The molecule has 1 aliphatic rings. The lowest BCUT2D eigenvalue weighted by Gasteiger charge is -2.12. The largest absolute Gasteiger partial charge is 0.293 e. The van der Waals surface area contributed by atoms with Crippen molar-refractivity contribution in [2.75, 3.05) is 0 Å². The van der Waals surface area contributed by atoms with Gasteiger partial charge in [0.15, 0.2) is 0 Å². The molecule has 1 fully saturated rings. The zero-order valence-corrected chi connectivity index (χ0v) is 15.4. The number of halogens is 1. The van der Waals surface area contributed by atoms with Gasteiger partial charge in [-0.1, -0.05) is 60.2 Å². The maximum absolute atomic E-state index is 12.5. The Hall–Kier alpha value is -2.90. The number of benzene rings is 2. The van der Waals surface area contributed by atoms with E-state index in [-0.39, 0.29) is 17.1 Å². The molecule has 0 saturated carbocycles. The number of nitrogens with zero attached hydrogens (tertiary/aromatic N) is 2. The lowest BCUT2D eigenvalue weighted by Crippen LogP contribution is -2.27. The third-order valence-electron chi connectivity index (χ3n) is 3.82. The van der Waals surface area contributed by atoms with Crippen molar-refractivity contribution in [3.05, 3.63) is 91.9 Å². The Bertz CT molecular complexity index is 987. The summed E-state index contributed by atoms with van der Waals surface area (Å²) in [4.78, 5) is 36.5. The molecule has 27 heavy (non-hydrogen) atoms. The Morgan fingerprint density at radius 1 is 1.11 bits per heavy atom. The lowest BCUT2D eigenvalue weighted by molar-refractivity contribution is -0.385. The number of rotatable bonds is 5. The van der Waals surface area contributed by atoms with E-state index in [0.29, 0.717) is 10.6 Å². The predicted octanol–water partition coefficient (Wildman–Crippen LogP) is 5.04. The standard InChI is InChI=1S/C19H13ClN2O4S/c20-15-9-3-1-6-13(15)8-5-11-17-18(23)21(19(24)27-17)12-14-7-2-4-10-16(14)22(25)26/h1-11H,12H2/b8-5+,17-11-. The second kappa shape index (κ2) is 8.20. The highest BCUT2D eigenvalue weighted by molar-refractivity contribution is 8.18. The molecule has 8 heteroatoms. The molecular weight excluding hydrogens is 388 g/mol. The minimum absolute atomic E-state index is 0.126. The van der Waals surface area contributed by atoms with Crippen molar-refractivity contribution in [1.29, 1.82) is 0 Å². The lowest BCUT2D eigenvalue weighted by atomic mass is 10.1. The van der Waals surface area contributed by atoms with E-state index in [2.05, 4.69) is 0 Å². The molecule has 0 bridgehead atoms. The quantitative estimate of drug-likeness (QED) is 0.399. The monoisotopic (exact) mass is 400 g/mol. The number of para-hydroxylation sites is 1. The van der Waals surface area contributed by atoms with Crippen LogP contribution in [-0.4, -0.2) is 21.0 Å². The summed E-state index contributed by atoms with van der Waals surface area (Å²) in [6.07, 6.45) is 4.91. The Labute approximate surface area is 164 Å². The van der Waals surface area contributed by atoms with Crippen LogP contribution in [0.15, 0.2) is 65.6 Å². The molecule has 0 N–H and O–H groups in total. The van der Waals surface area contributed by atoms with Crippen LogP contribution in [0, 0.1) is 10.1 Å². The van der Waals surface area contributed by atoms with Crippen LogP contribution in [0.4, 0.5) is 10.5 Å². The zero-order chi connectivity index (χ0) is 19.4. The number of allylic oxidation sites excluding steroid dienone is 2. The van der Waals surface area contributed by atoms with Crippen molar-refractivity contribution < 1.29 is 14.5 Å². The fourth-order valence-electron chi connectivity index (χ4n) is 2.49. The SMILES string of the molecule is O=C1S/C(=C\C=C\c2ccccc2Cl)C(=O)N1Cc1ccccc1[N+](=O)[O-]. The molecule has 0 spiro atoms. The first-order valence-electron chi connectivity index (χ1n) is 7.86. The minimum Gasteiger partial charge on any atom is -0.268 e. The van der Waals surface area contributed by atoms with Crippen LogP contribution in [0.25, 0.3) is 6.08 Å². The maximum atomic E-state index is 12.5. The molecule has 0 aromatic heterocycles. The van der Waals surface area contributed by atoms with Crippen LogP contribution >= 0.6 is 23.4 Å². The molecule has 1 saturated heterocycles. The number of hydrogen-bond acceptors (Lipinski definition) is 5. The number of carbonyl (C=O) groups is 2. The van der Waals surface area contributed by atoms with Crippen molar-refractivity contribution in [3.63, 3.8) is 0 Å². The van der Waals surface area contributed by atoms with E-state index in [1.807, 2.05) is 18.2 Å². The Morgan fingerprint density at radius 3 is 2.56 bits per heavy atom. The molecule has 2 aromatic rings. The van der Waals surface area contributed by atoms with Crippen molar-refractivity contribution in [1.82, 2.24) is 4.90 Å². The molecule has 1 heterocycles. The molecule has 2 amide bonds. The molecule has 6 nitrogen and oxygen atoms in total. The van der Waals surface area contributed by atoms with Gasteiger partial charge in [0.2, 0.25) is 0 Å². The number of imide groups is 1. The number of nitro benzene ring substituents is 1. The number of hydrogen-bond donors (Lipinski definition) is 0. The molecular formula is C19H13ClN2O4S. The Kier molecular flexibility index (Phi) is 5.73. The summed E-state index contributed by atoms with van der Waals surface area (Å²) in [5.41, 5.74) is 0.964. The highest BCUT2D eigenvalue weighted by Crippen LogP contribution is 2.33. The summed E-state index contributed by atoms with van der Waals surface area (Å²) in [7, 11) is 0. The first kappa shape index (κ1) is 18.9. The van der Waals surface area contributed by atoms with Gasteiger partial charge in [-0.25, -0.2) is 0 Å². The second-order valence-corrected chi connectivity index (χ2v) is 6.96. The van der Waals surface area contributed by atoms with Gasteiger partial charge in [-0.15, -0.1) is 0 Å². The van der Waals surface area contributed by atoms with Crippen LogP contribution < -0.4 is 0 Å². The molecule has 0 unspecified atom stereocenters. The molecule has 0 atom stereocenters. The van der Waals surface area contributed by atoms with Crippen molar-refractivity contribution >= 4 is 46.3 Å². The van der Waals surface area contributed by atoms with Gasteiger partial charge in [-0.3, -0.25) is 24.6 Å². The van der Waals surface area contributed by atoms with Gasteiger partial charge < -0.3 is 0 Å². The van der Waals surface area contributed by atoms with Gasteiger partial charge in [0.05, 0.1) is 16.4 Å². The molecule has 0 aliphatic carbocycles. The number of nitro groups is 1. The van der Waals surface area contributed by atoms with Gasteiger partial charge in [0.1, 0.15) is 0 Å². The summed E-state index contributed by atoms with van der Waals surface area (Å²) < 4.78 is 0. The highest BCUT2D eigenvalue weighted by Gasteiger charge is 2.35. The summed E-state index contributed by atoms with van der Waals surface area (Å²) in [6.45, 7) is -0.145. The van der Waals surface area contributed by atoms with E-state index in [1.165, 1.54) is 24.3 Å². The van der Waals surface area contributed by atoms with Crippen molar-refractivity contribution in [3.8, 4) is 0 Å².